The highest BCUT2D eigenvalue weighted by Crippen LogP contribution is 2.33. The molecule has 0 bridgehead atoms. The van der Waals surface area contributed by atoms with Gasteiger partial charge in [-0.2, -0.15) is 0 Å². The standard InChI is InChI=1S/C12H12ClFN2OS/c13-7-3-4-8(9(14)5-7)12(17)16-10(11(15)18)6-1-2-6/h3-6,10H,1-2H2,(H2,15,18)(H,16,17). The van der Waals surface area contributed by atoms with Gasteiger partial charge in [-0.25, -0.2) is 4.39 Å². The van der Waals surface area contributed by atoms with Crippen molar-refractivity contribution in [3.8, 4) is 0 Å². The Morgan fingerprint density at radius 3 is 2.72 bits per heavy atom. The predicted molar refractivity (Wildman–Crippen MR) is 72.2 cm³/mol. The third-order valence-corrected chi connectivity index (χ3v) is 3.35. The Balaban J connectivity index is 2.13. The number of benzene rings is 1. The lowest BCUT2D eigenvalue weighted by molar-refractivity contribution is 0.0940. The van der Waals surface area contributed by atoms with E-state index >= 15 is 0 Å². The van der Waals surface area contributed by atoms with Crippen molar-refractivity contribution >= 4 is 34.7 Å². The predicted octanol–water partition coefficient (Wildman–Crippen LogP) is 2.27. The Hall–Kier alpha value is -1.20. The smallest absolute Gasteiger partial charge is 0.254 e. The van der Waals surface area contributed by atoms with Gasteiger partial charge in [0.1, 0.15) is 5.82 Å². The summed E-state index contributed by atoms with van der Waals surface area (Å²) >= 11 is 10.5. The van der Waals surface area contributed by atoms with Crippen molar-refractivity contribution < 1.29 is 9.18 Å². The minimum Gasteiger partial charge on any atom is -0.392 e. The second-order valence-electron chi connectivity index (χ2n) is 4.32. The Morgan fingerprint density at radius 1 is 1.56 bits per heavy atom. The van der Waals surface area contributed by atoms with E-state index in [1.165, 1.54) is 12.1 Å². The quantitative estimate of drug-likeness (QED) is 0.835. The normalized spacial score (nSPS) is 16.1. The molecule has 0 aliphatic heterocycles. The number of hydrogen-bond donors (Lipinski definition) is 2. The molecule has 1 amide bonds. The number of nitrogens with one attached hydrogen (secondary N) is 1. The summed E-state index contributed by atoms with van der Waals surface area (Å²) in [5.41, 5.74) is 5.51. The Morgan fingerprint density at radius 2 is 2.22 bits per heavy atom. The molecule has 1 aliphatic carbocycles. The lowest BCUT2D eigenvalue weighted by Crippen LogP contribution is -2.45. The second kappa shape index (κ2) is 5.20. The van der Waals surface area contributed by atoms with Crippen molar-refractivity contribution in [2.75, 3.05) is 0 Å². The maximum absolute atomic E-state index is 13.6. The molecule has 2 rings (SSSR count). The van der Waals surface area contributed by atoms with E-state index < -0.39 is 11.7 Å². The summed E-state index contributed by atoms with van der Waals surface area (Å²) in [6.07, 6.45) is 1.96. The third kappa shape index (κ3) is 2.97. The number of nitrogens with two attached hydrogens (primary N) is 1. The van der Waals surface area contributed by atoms with E-state index in [9.17, 15) is 9.18 Å². The van der Waals surface area contributed by atoms with Crippen LogP contribution in [0.4, 0.5) is 4.39 Å². The van der Waals surface area contributed by atoms with E-state index in [-0.39, 0.29) is 27.5 Å². The van der Waals surface area contributed by atoms with Crippen molar-refractivity contribution in [2.24, 2.45) is 11.7 Å². The molecule has 1 aliphatic rings. The molecule has 6 heteroatoms. The Bertz CT molecular complexity index is 505. The van der Waals surface area contributed by atoms with Crippen LogP contribution < -0.4 is 11.1 Å². The van der Waals surface area contributed by atoms with Crippen molar-refractivity contribution in [1.82, 2.24) is 5.32 Å². The van der Waals surface area contributed by atoms with Crippen LogP contribution in [0.5, 0.6) is 0 Å². The minimum absolute atomic E-state index is 0.0544. The third-order valence-electron chi connectivity index (χ3n) is 2.86. The molecule has 0 spiro atoms. The van der Waals surface area contributed by atoms with Crippen LogP contribution in [-0.4, -0.2) is 16.9 Å². The van der Waals surface area contributed by atoms with Crippen LogP contribution in [0.1, 0.15) is 23.2 Å². The molecule has 1 aromatic rings. The van der Waals surface area contributed by atoms with Crippen LogP contribution in [-0.2, 0) is 0 Å². The van der Waals surface area contributed by atoms with Gasteiger partial charge in [0.25, 0.3) is 5.91 Å². The van der Waals surface area contributed by atoms with Gasteiger partial charge < -0.3 is 11.1 Å². The molecule has 0 radical (unpaired) electrons. The molecule has 1 unspecified atom stereocenters. The molecule has 3 nitrogen and oxygen atoms in total. The second-order valence-corrected chi connectivity index (χ2v) is 5.22. The highest BCUT2D eigenvalue weighted by atomic mass is 35.5. The van der Waals surface area contributed by atoms with Crippen LogP contribution >= 0.6 is 23.8 Å². The number of halogens is 2. The zero-order valence-corrected chi connectivity index (χ0v) is 11.0. The molecule has 0 heterocycles. The molecule has 0 aromatic heterocycles. The van der Waals surface area contributed by atoms with E-state index in [0.29, 0.717) is 0 Å². The first-order valence-corrected chi connectivity index (χ1v) is 6.33. The Labute approximate surface area is 114 Å². The number of amides is 1. The van der Waals surface area contributed by atoms with E-state index in [1.807, 2.05) is 0 Å². The fraction of sp³-hybridized carbons (Fsp3) is 0.333. The first-order valence-electron chi connectivity index (χ1n) is 5.54. The van der Waals surface area contributed by atoms with Gasteiger partial charge >= 0.3 is 0 Å². The lowest BCUT2D eigenvalue weighted by Gasteiger charge is -2.16. The van der Waals surface area contributed by atoms with Crippen LogP contribution in [0.2, 0.25) is 5.02 Å². The van der Waals surface area contributed by atoms with Gasteiger partial charge in [-0.15, -0.1) is 0 Å². The van der Waals surface area contributed by atoms with E-state index in [0.717, 1.165) is 18.9 Å². The van der Waals surface area contributed by atoms with Gasteiger partial charge in [-0.3, -0.25) is 4.79 Å². The van der Waals surface area contributed by atoms with Crippen molar-refractivity contribution in [1.29, 1.82) is 0 Å². The number of rotatable bonds is 4. The number of thiocarbonyl (C=S) groups is 1. The largest absolute Gasteiger partial charge is 0.392 e. The summed E-state index contributed by atoms with van der Waals surface area (Å²) in [6.45, 7) is 0. The lowest BCUT2D eigenvalue weighted by atomic mass is 10.1. The van der Waals surface area contributed by atoms with Gasteiger partial charge in [-0.1, -0.05) is 23.8 Å². The molecule has 1 aromatic carbocycles. The molecular formula is C12H12ClFN2OS. The van der Waals surface area contributed by atoms with E-state index in [1.54, 1.807) is 0 Å². The van der Waals surface area contributed by atoms with E-state index in [4.69, 9.17) is 29.6 Å². The number of carbonyl (C=O) groups is 1. The van der Waals surface area contributed by atoms with Gasteiger partial charge in [0, 0.05) is 5.02 Å². The summed E-state index contributed by atoms with van der Waals surface area (Å²) in [5.74, 6) is -0.895. The highest BCUT2D eigenvalue weighted by molar-refractivity contribution is 7.80. The number of hydrogen-bond acceptors (Lipinski definition) is 2. The first-order chi connectivity index (χ1) is 8.49. The zero-order chi connectivity index (χ0) is 13.3. The molecule has 3 N–H and O–H groups in total. The summed E-state index contributed by atoms with van der Waals surface area (Å²) < 4.78 is 13.6. The summed E-state index contributed by atoms with van der Waals surface area (Å²) in [4.78, 5) is 12.2. The molecule has 1 saturated carbocycles. The van der Waals surface area contributed by atoms with Crippen molar-refractivity contribution in [2.45, 2.75) is 18.9 Å². The summed E-state index contributed by atoms with van der Waals surface area (Å²) in [6, 6.07) is 3.55. The van der Waals surface area contributed by atoms with E-state index in [2.05, 4.69) is 5.32 Å². The molecule has 0 saturated heterocycles. The molecule has 96 valence electrons. The molecule has 1 fully saturated rings. The van der Waals surface area contributed by atoms with Crippen molar-refractivity contribution in [3.05, 3.63) is 34.6 Å². The topological polar surface area (TPSA) is 55.1 Å². The van der Waals surface area contributed by atoms with Gasteiger partial charge in [-0.05, 0) is 37.0 Å². The van der Waals surface area contributed by atoms with Gasteiger partial charge in [0.2, 0.25) is 0 Å². The molecule has 18 heavy (non-hydrogen) atoms. The maximum Gasteiger partial charge on any atom is 0.254 e. The fourth-order valence-corrected chi connectivity index (χ4v) is 2.15. The summed E-state index contributed by atoms with van der Waals surface area (Å²) in [7, 11) is 0. The summed E-state index contributed by atoms with van der Waals surface area (Å²) in [5, 5.41) is 2.91. The van der Waals surface area contributed by atoms with Crippen LogP contribution in [0, 0.1) is 11.7 Å². The van der Waals surface area contributed by atoms with Crippen LogP contribution in [0.15, 0.2) is 18.2 Å². The Kier molecular flexibility index (Phi) is 3.82. The monoisotopic (exact) mass is 286 g/mol. The van der Waals surface area contributed by atoms with Gasteiger partial charge in [0.15, 0.2) is 0 Å². The highest BCUT2D eigenvalue weighted by Gasteiger charge is 2.34. The average Bonchev–Trinajstić information content (AvgIpc) is 3.08. The molecular weight excluding hydrogens is 275 g/mol. The first kappa shape index (κ1) is 13.2. The average molecular weight is 287 g/mol. The van der Waals surface area contributed by atoms with Crippen molar-refractivity contribution in [3.63, 3.8) is 0 Å². The zero-order valence-electron chi connectivity index (χ0n) is 9.45. The SMILES string of the molecule is NC(=S)C(NC(=O)c1ccc(Cl)cc1F)C1CC1. The maximum atomic E-state index is 13.6. The fourth-order valence-electron chi connectivity index (χ4n) is 1.74. The van der Waals surface area contributed by atoms with Crippen LogP contribution in [0.3, 0.4) is 0 Å². The number of carbonyl (C=O) groups excluding carboxylic acids is 1. The molecule has 1 atom stereocenters. The van der Waals surface area contributed by atoms with Gasteiger partial charge in [0.05, 0.1) is 16.6 Å². The minimum atomic E-state index is -0.655. The van der Waals surface area contributed by atoms with Crippen LogP contribution in [0.25, 0.3) is 0 Å².